The van der Waals surface area contributed by atoms with Gasteiger partial charge in [0.1, 0.15) is 35.1 Å². The maximum atomic E-state index is 13.2. The van der Waals surface area contributed by atoms with Crippen LogP contribution in [0.4, 0.5) is 8.78 Å². The second-order valence-electron chi connectivity index (χ2n) is 8.68. The summed E-state index contributed by atoms with van der Waals surface area (Å²) in [5.74, 6) is -0.0171. The number of ether oxygens (including phenoxy) is 4. The zero-order chi connectivity index (χ0) is 25.7. The molecule has 4 rings (SSSR count). The normalized spacial score (nSPS) is 13.4. The zero-order valence-electron chi connectivity index (χ0n) is 20.5. The van der Waals surface area contributed by atoms with Crippen LogP contribution >= 0.6 is 0 Å². The monoisotopic (exact) mass is 504 g/mol. The summed E-state index contributed by atoms with van der Waals surface area (Å²) in [5, 5.41) is 2.80. The Morgan fingerprint density at radius 3 is 2.67 bits per heavy atom. The molecule has 0 aliphatic heterocycles. The molecule has 1 aliphatic rings. The molecule has 0 atom stereocenters. The molecule has 11 heteroatoms. The molecule has 194 valence electrons. The Morgan fingerprint density at radius 1 is 1.19 bits per heavy atom. The number of nitrogens with zero attached hydrogens (tertiary/aromatic N) is 3. The minimum Gasteiger partial charge on any atom is -0.496 e. The highest BCUT2D eigenvalue weighted by Gasteiger charge is 2.29. The first-order chi connectivity index (χ1) is 17.4. The van der Waals surface area contributed by atoms with Crippen molar-refractivity contribution in [1.82, 2.24) is 19.6 Å². The van der Waals surface area contributed by atoms with Gasteiger partial charge in [0.25, 0.3) is 5.91 Å². The van der Waals surface area contributed by atoms with Gasteiger partial charge in [-0.2, -0.15) is 8.78 Å². The number of alkyl halides is 2. The van der Waals surface area contributed by atoms with Crippen molar-refractivity contribution in [2.75, 3.05) is 47.6 Å². The molecule has 36 heavy (non-hydrogen) atoms. The number of likely N-dealkylation sites (N-methyl/N-ethyl adjacent to an activating group) is 1. The summed E-state index contributed by atoms with van der Waals surface area (Å²) < 4.78 is 49.6. The van der Waals surface area contributed by atoms with Gasteiger partial charge in [-0.1, -0.05) is 0 Å². The van der Waals surface area contributed by atoms with Crippen molar-refractivity contribution < 1.29 is 32.5 Å². The number of pyridine rings is 1. The molecular weight excluding hydrogens is 474 g/mol. The summed E-state index contributed by atoms with van der Waals surface area (Å²) in [4.78, 5) is 19.2. The molecule has 1 saturated carbocycles. The predicted molar refractivity (Wildman–Crippen MR) is 129 cm³/mol. The van der Waals surface area contributed by atoms with E-state index in [1.165, 1.54) is 13.2 Å². The van der Waals surface area contributed by atoms with Crippen LogP contribution in [0.1, 0.15) is 23.2 Å². The fraction of sp³-hybridized carbons (Fsp3) is 0.440. The molecule has 0 bridgehead atoms. The van der Waals surface area contributed by atoms with Crippen LogP contribution in [0.2, 0.25) is 0 Å². The van der Waals surface area contributed by atoms with Crippen molar-refractivity contribution in [1.29, 1.82) is 0 Å². The lowest BCUT2D eigenvalue weighted by Gasteiger charge is -2.16. The molecule has 0 saturated heterocycles. The Balaban J connectivity index is 1.55. The van der Waals surface area contributed by atoms with Crippen LogP contribution in [0, 0.1) is 0 Å². The maximum Gasteiger partial charge on any atom is 0.387 e. The number of aromatic nitrogens is 2. The number of hydrogen-bond donors (Lipinski definition) is 1. The van der Waals surface area contributed by atoms with Crippen LogP contribution in [0.3, 0.4) is 0 Å². The SMILES string of the molecule is COc1cc(-c2cnc3cc(OCCOCCN(C)C)ccn23)cc(OC(F)F)c1C(=O)NC1CC1. The van der Waals surface area contributed by atoms with E-state index in [2.05, 4.69) is 10.3 Å². The van der Waals surface area contributed by atoms with Gasteiger partial charge in [-0.05, 0) is 45.1 Å². The largest absolute Gasteiger partial charge is 0.496 e. The van der Waals surface area contributed by atoms with Crippen LogP contribution in [0.25, 0.3) is 16.9 Å². The van der Waals surface area contributed by atoms with Gasteiger partial charge in [-0.15, -0.1) is 0 Å². The summed E-state index contributed by atoms with van der Waals surface area (Å²) in [6.45, 7) is -0.782. The number of amides is 1. The molecule has 1 amide bonds. The molecule has 2 aromatic heterocycles. The summed E-state index contributed by atoms with van der Waals surface area (Å²) >= 11 is 0. The van der Waals surface area contributed by atoms with Gasteiger partial charge in [0, 0.05) is 30.4 Å². The van der Waals surface area contributed by atoms with Crippen LogP contribution < -0.4 is 19.5 Å². The molecule has 0 unspecified atom stereocenters. The van der Waals surface area contributed by atoms with E-state index in [-0.39, 0.29) is 23.1 Å². The first-order valence-electron chi connectivity index (χ1n) is 11.7. The van der Waals surface area contributed by atoms with Gasteiger partial charge in [0.05, 0.1) is 32.2 Å². The Bertz CT molecular complexity index is 1200. The highest BCUT2D eigenvalue weighted by molar-refractivity contribution is 6.01. The lowest BCUT2D eigenvalue weighted by Crippen LogP contribution is -2.26. The van der Waals surface area contributed by atoms with Gasteiger partial charge in [-0.3, -0.25) is 9.20 Å². The quantitative estimate of drug-likeness (QED) is 0.357. The number of benzene rings is 1. The van der Waals surface area contributed by atoms with Gasteiger partial charge in [0.15, 0.2) is 0 Å². The molecule has 0 radical (unpaired) electrons. The maximum absolute atomic E-state index is 13.2. The lowest BCUT2D eigenvalue weighted by atomic mass is 10.1. The van der Waals surface area contributed by atoms with Crippen molar-refractivity contribution in [3.8, 4) is 28.5 Å². The van der Waals surface area contributed by atoms with Gasteiger partial charge in [-0.25, -0.2) is 4.98 Å². The number of hydrogen-bond acceptors (Lipinski definition) is 7. The number of halogens is 2. The number of rotatable bonds is 13. The average molecular weight is 505 g/mol. The second-order valence-corrected chi connectivity index (χ2v) is 8.68. The molecule has 0 spiro atoms. The first kappa shape index (κ1) is 25.6. The fourth-order valence-electron chi connectivity index (χ4n) is 3.63. The van der Waals surface area contributed by atoms with Gasteiger partial charge in [0.2, 0.25) is 0 Å². The zero-order valence-corrected chi connectivity index (χ0v) is 20.5. The van der Waals surface area contributed by atoms with E-state index in [1.54, 1.807) is 35.0 Å². The van der Waals surface area contributed by atoms with Crippen molar-refractivity contribution >= 4 is 11.6 Å². The van der Waals surface area contributed by atoms with E-state index in [0.717, 1.165) is 19.4 Å². The van der Waals surface area contributed by atoms with Crippen LogP contribution in [0.15, 0.2) is 36.7 Å². The standard InChI is InChI=1S/C25H30F2N4O5/c1-30(2)8-9-34-10-11-35-18-6-7-31-19(15-28-22(31)14-18)16-12-20(33-3)23(21(13-16)36-25(26)27)24(32)29-17-4-5-17/h6-7,12-15,17,25H,4-5,8-11H2,1-3H3,(H,29,32). The lowest BCUT2D eigenvalue weighted by molar-refractivity contribution is -0.0502. The Hall–Kier alpha value is -3.44. The summed E-state index contributed by atoms with van der Waals surface area (Å²) in [6.07, 6.45) is 5.09. The third kappa shape index (κ3) is 6.41. The smallest absolute Gasteiger partial charge is 0.387 e. The Labute approximate surface area is 207 Å². The van der Waals surface area contributed by atoms with E-state index in [9.17, 15) is 13.6 Å². The molecule has 9 nitrogen and oxygen atoms in total. The van der Waals surface area contributed by atoms with Crippen molar-refractivity contribution in [2.45, 2.75) is 25.5 Å². The number of fused-ring (bicyclic) bond motifs is 1. The third-order valence-electron chi connectivity index (χ3n) is 5.60. The number of nitrogens with one attached hydrogen (secondary N) is 1. The number of carbonyl (C=O) groups is 1. The highest BCUT2D eigenvalue weighted by Crippen LogP contribution is 2.37. The molecule has 1 aliphatic carbocycles. The molecule has 3 aromatic rings. The molecule has 2 heterocycles. The van der Waals surface area contributed by atoms with E-state index < -0.39 is 12.5 Å². The number of carbonyl (C=O) groups excluding carboxylic acids is 1. The third-order valence-corrected chi connectivity index (χ3v) is 5.60. The summed E-state index contributed by atoms with van der Waals surface area (Å²) in [7, 11) is 5.34. The summed E-state index contributed by atoms with van der Waals surface area (Å²) in [6, 6.07) is 6.60. The van der Waals surface area contributed by atoms with Crippen LogP contribution in [-0.4, -0.2) is 80.4 Å². The van der Waals surface area contributed by atoms with E-state index in [4.69, 9.17) is 18.9 Å². The molecular formula is C25H30F2N4O5. The Morgan fingerprint density at radius 2 is 1.97 bits per heavy atom. The highest BCUT2D eigenvalue weighted by atomic mass is 19.3. The van der Waals surface area contributed by atoms with Crippen molar-refractivity contribution in [3.63, 3.8) is 0 Å². The first-order valence-corrected chi connectivity index (χ1v) is 11.7. The predicted octanol–water partition coefficient (Wildman–Crippen LogP) is 3.46. The Kier molecular flexibility index (Phi) is 8.21. The molecule has 1 fully saturated rings. The minimum absolute atomic E-state index is 0.0427. The summed E-state index contributed by atoms with van der Waals surface area (Å²) in [5.41, 5.74) is 1.64. The number of methoxy groups -OCH3 is 1. The average Bonchev–Trinajstić information content (AvgIpc) is 3.55. The van der Waals surface area contributed by atoms with E-state index >= 15 is 0 Å². The molecule has 1 N–H and O–H groups in total. The van der Waals surface area contributed by atoms with Crippen LogP contribution in [-0.2, 0) is 4.74 Å². The van der Waals surface area contributed by atoms with E-state index in [1.807, 2.05) is 19.0 Å². The van der Waals surface area contributed by atoms with Gasteiger partial charge < -0.3 is 29.2 Å². The second kappa shape index (κ2) is 11.5. The van der Waals surface area contributed by atoms with Crippen molar-refractivity contribution in [2.24, 2.45) is 0 Å². The molecule has 1 aromatic carbocycles. The van der Waals surface area contributed by atoms with Crippen molar-refractivity contribution in [3.05, 3.63) is 42.2 Å². The topological polar surface area (TPSA) is 86.6 Å². The van der Waals surface area contributed by atoms with E-state index in [0.29, 0.717) is 42.5 Å². The minimum atomic E-state index is -3.11. The number of imidazole rings is 1. The van der Waals surface area contributed by atoms with Gasteiger partial charge >= 0.3 is 6.61 Å². The fourth-order valence-corrected chi connectivity index (χ4v) is 3.63. The van der Waals surface area contributed by atoms with Crippen LogP contribution in [0.5, 0.6) is 17.2 Å².